The number of unbranched alkanes of at least 4 members (excludes halogenated alkanes) is 3. The molecular formula is C13H23N. The standard InChI is InChI=1S/C13H23N/c1-3-5-6-8-11-14-12-9-7-10-13(14)4-2/h7,9-10,12-13H,3-6,8,11H2,1-2H3. The predicted molar refractivity (Wildman–Crippen MR) is 63.2 cm³/mol. The van der Waals surface area contributed by atoms with Crippen LogP contribution in [0.3, 0.4) is 0 Å². The number of nitrogens with zero attached hydrogens (tertiary/aromatic N) is 1. The van der Waals surface area contributed by atoms with Crippen molar-refractivity contribution >= 4 is 0 Å². The zero-order valence-corrected chi connectivity index (χ0v) is 9.58. The molecule has 0 N–H and O–H groups in total. The first-order valence-corrected chi connectivity index (χ1v) is 5.99. The second-order valence-corrected chi connectivity index (χ2v) is 4.00. The van der Waals surface area contributed by atoms with Crippen molar-refractivity contribution in [2.24, 2.45) is 0 Å². The maximum Gasteiger partial charge on any atom is 0.0467 e. The largest absolute Gasteiger partial charge is 0.371 e. The van der Waals surface area contributed by atoms with Crippen LogP contribution in [-0.4, -0.2) is 17.5 Å². The summed E-state index contributed by atoms with van der Waals surface area (Å²) >= 11 is 0. The van der Waals surface area contributed by atoms with Gasteiger partial charge in [-0.2, -0.15) is 0 Å². The van der Waals surface area contributed by atoms with E-state index >= 15 is 0 Å². The molecule has 0 saturated carbocycles. The van der Waals surface area contributed by atoms with Crippen LogP contribution in [0.5, 0.6) is 0 Å². The van der Waals surface area contributed by atoms with Gasteiger partial charge in [-0.3, -0.25) is 0 Å². The van der Waals surface area contributed by atoms with Crippen LogP contribution in [0.15, 0.2) is 24.4 Å². The fourth-order valence-electron chi connectivity index (χ4n) is 1.91. The van der Waals surface area contributed by atoms with Crippen LogP contribution < -0.4 is 0 Å². The number of allylic oxidation sites excluding steroid dienone is 2. The summed E-state index contributed by atoms with van der Waals surface area (Å²) in [6, 6.07) is 0.640. The first-order valence-electron chi connectivity index (χ1n) is 5.99. The van der Waals surface area contributed by atoms with Crippen molar-refractivity contribution in [3.8, 4) is 0 Å². The summed E-state index contributed by atoms with van der Waals surface area (Å²) in [6.07, 6.45) is 15.5. The van der Waals surface area contributed by atoms with Gasteiger partial charge >= 0.3 is 0 Å². The summed E-state index contributed by atoms with van der Waals surface area (Å²) in [4.78, 5) is 2.47. The quantitative estimate of drug-likeness (QED) is 0.581. The molecule has 0 aromatic rings. The third-order valence-electron chi connectivity index (χ3n) is 2.84. The lowest BCUT2D eigenvalue weighted by atomic mass is 10.1. The summed E-state index contributed by atoms with van der Waals surface area (Å²) in [6.45, 7) is 5.74. The number of hydrogen-bond acceptors (Lipinski definition) is 1. The van der Waals surface area contributed by atoms with E-state index in [1.165, 1.54) is 38.6 Å². The second kappa shape index (κ2) is 6.69. The van der Waals surface area contributed by atoms with Gasteiger partial charge in [0.1, 0.15) is 0 Å². The molecule has 1 nitrogen and oxygen atoms in total. The van der Waals surface area contributed by atoms with Gasteiger partial charge in [0.2, 0.25) is 0 Å². The van der Waals surface area contributed by atoms with Gasteiger partial charge in [-0.15, -0.1) is 0 Å². The molecule has 1 aliphatic heterocycles. The Morgan fingerprint density at radius 3 is 2.64 bits per heavy atom. The average Bonchev–Trinajstić information content (AvgIpc) is 2.25. The molecule has 0 aromatic heterocycles. The first kappa shape index (κ1) is 11.4. The first-order chi connectivity index (χ1) is 6.88. The third-order valence-corrected chi connectivity index (χ3v) is 2.84. The Bertz CT molecular complexity index is 193. The van der Waals surface area contributed by atoms with Gasteiger partial charge in [-0.05, 0) is 25.1 Å². The monoisotopic (exact) mass is 193 g/mol. The zero-order valence-electron chi connectivity index (χ0n) is 9.58. The SMILES string of the molecule is CCCCCCN1C=CC=CC1CC. The molecule has 1 unspecified atom stereocenters. The summed E-state index contributed by atoms with van der Waals surface area (Å²) in [7, 11) is 0. The molecule has 0 bridgehead atoms. The minimum atomic E-state index is 0.640. The fraction of sp³-hybridized carbons (Fsp3) is 0.692. The molecule has 0 spiro atoms. The van der Waals surface area contributed by atoms with Crippen LogP contribution in [0.25, 0.3) is 0 Å². The molecule has 1 heterocycles. The maximum absolute atomic E-state index is 2.47. The molecule has 14 heavy (non-hydrogen) atoms. The van der Waals surface area contributed by atoms with E-state index in [4.69, 9.17) is 0 Å². The Morgan fingerprint density at radius 2 is 1.93 bits per heavy atom. The van der Waals surface area contributed by atoms with Gasteiger partial charge in [0.15, 0.2) is 0 Å². The van der Waals surface area contributed by atoms with Crippen molar-refractivity contribution in [2.75, 3.05) is 6.54 Å². The van der Waals surface area contributed by atoms with Crippen LogP contribution in [-0.2, 0) is 0 Å². The minimum Gasteiger partial charge on any atom is -0.371 e. The van der Waals surface area contributed by atoms with E-state index in [0.717, 1.165) is 0 Å². The minimum absolute atomic E-state index is 0.640. The van der Waals surface area contributed by atoms with E-state index < -0.39 is 0 Å². The number of hydrogen-bond donors (Lipinski definition) is 0. The highest BCUT2D eigenvalue weighted by Gasteiger charge is 2.10. The molecule has 0 saturated heterocycles. The summed E-state index contributed by atoms with van der Waals surface area (Å²) in [5.41, 5.74) is 0. The molecule has 80 valence electrons. The van der Waals surface area contributed by atoms with Crippen molar-refractivity contribution in [2.45, 2.75) is 52.0 Å². The summed E-state index contributed by atoms with van der Waals surface area (Å²) < 4.78 is 0. The van der Waals surface area contributed by atoms with Crippen LogP contribution >= 0.6 is 0 Å². The van der Waals surface area contributed by atoms with Crippen LogP contribution in [0.2, 0.25) is 0 Å². The summed E-state index contributed by atoms with van der Waals surface area (Å²) in [5, 5.41) is 0. The molecule has 0 aromatic carbocycles. The van der Waals surface area contributed by atoms with Crippen LogP contribution in [0, 0.1) is 0 Å². The van der Waals surface area contributed by atoms with Crippen molar-refractivity contribution in [3.05, 3.63) is 24.4 Å². The lowest BCUT2D eigenvalue weighted by Crippen LogP contribution is -2.30. The van der Waals surface area contributed by atoms with Gasteiger partial charge < -0.3 is 4.90 Å². The van der Waals surface area contributed by atoms with Crippen LogP contribution in [0.1, 0.15) is 46.0 Å². The van der Waals surface area contributed by atoms with Gasteiger partial charge in [0, 0.05) is 12.6 Å². The maximum atomic E-state index is 2.47. The summed E-state index contributed by atoms with van der Waals surface area (Å²) in [5.74, 6) is 0. The molecule has 0 fully saturated rings. The highest BCUT2D eigenvalue weighted by atomic mass is 15.1. The fourth-order valence-corrected chi connectivity index (χ4v) is 1.91. The Morgan fingerprint density at radius 1 is 1.07 bits per heavy atom. The Kier molecular flexibility index (Phi) is 5.43. The van der Waals surface area contributed by atoms with Crippen molar-refractivity contribution in [3.63, 3.8) is 0 Å². The molecule has 1 aliphatic rings. The van der Waals surface area contributed by atoms with Crippen molar-refractivity contribution in [1.29, 1.82) is 0 Å². The zero-order chi connectivity index (χ0) is 10.2. The molecule has 0 aliphatic carbocycles. The Balaban J connectivity index is 2.21. The van der Waals surface area contributed by atoms with E-state index in [1.54, 1.807) is 0 Å². The van der Waals surface area contributed by atoms with Gasteiger partial charge in [0.05, 0.1) is 0 Å². The predicted octanol–water partition coefficient (Wildman–Crippen LogP) is 3.73. The van der Waals surface area contributed by atoms with Crippen molar-refractivity contribution in [1.82, 2.24) is 4.90 Å². The molecule has 0 amide bonds. The number of rotatable bonds is 6. The Labute approximate surface area is 88.5 Å². The van der Waals surface area contributed by atoms with Gasteiger partial charge in [-0.1, -0.05) is 45.3 Å². The van der Waals surface area contributed by atoms with Crippen molar-refractivity contribution < 1.29 is 0 Å². The van der Waals surface area contributed by atoms with E-state index in [1.807, 2.05) is 0 Å². The molecule has 0 radical (unpaired) electrons. The normalized spacial score (nSPS) is 20.4. The highest BCUT2D eigenvalue weighted by Crippen LogP contribution is 2.13. The van der Waals surface area contributed by atoms with Gasteiger partial charge in [0.25, 0.3) is 0 Å². The van der Waals surface area contributed by atoms with E-state index in [9.17, 15) is 0 Å². The second-order valence-electron chi connectivity index (χ2n) is 4.00. The topological polar surface area (TPSA) is 3.24 Å². The lowest BCUT2D eigenvalue weighted by molar-refractivity contribution is 0.301. The molecule has 1 rings (SSSR count). The smallest absolute Gasteiger partial charge is 0.0467 e. The molecular weight excluding hydrogens is 170 g/mol. The van der Waals surface area contributed by atoms with Crippen LogP contribution in [0.4, 0.5) is 0 Å². The van der Waals surface area contributed by atoms with E-state index in [0.29, 0.717) is 6.04 Å². The molecule has 1 atom stereocenters. The highest BCUT2D eigenvalue weighted by molar-refractivity contribution is 5.12. The molecule has 1 heteroatoms. The third kappa shape index (κ3) is 3.57. The van der Waals surface area contributed by atoms with Gasteiger partial charge in [-0.25, -0.2) is 0 Å². The van der Waals surface area contributed by atoms with E-state index in [2.05, 4.69) is 43.2 Å². The van der Waals surface area contributed by atoms with E-state index in [-0.39, 0.29) is 0 Å². The lowest BCUT2D eigenvalue weighted by Gasteiger charge is -2.29. The average molecular weight is 193 g/mol. The Hall–Kier alpha value is -0.720.